The number of aromatic amines is 1. The summed E-state index contributed by atoms with van der Waals surface area (Å²) in [7, 11) is 0. The summed E-state index contributed by atoms with van der Waals surface area (Å²) in [4.78, 5) is 4.42. The molecule has 0 fully saturated rings. The number of aryl methyl sites for hydroxylation is 1. The lowest BCUT2D eigenvalue weighted by Gasteiger charge is -2.00. The van der Waals surface area contributed by atoms with E-state index in [1.165, 1.54) is 17.1 Å². The van der Waals surface area contributed by atoms with E-state index < -0.39 is 0 Å². The molecule has 0 spiro atoms. The Bertz CT molecular complexity index is 500. The fraction of sp³-hybridized carbons (Fsp3) is 0.545. The molecule has 6 heteroatoms. The number of anilines is 1. The third kappa shape index (κ3) is 2.63. The summed E-state index contributed by atoms with van der Waals surface area (Å²) in [5.74, 6) is 1.27. The van der Waals surface area contributed by atoms with Gasteiger partial charge in [-0.15, -0.1) is 0 Å². The highest BCUT2D eigenvalue weighted by atomic mass is 32.1. The molecule has 5 nitrogen and oxygen atoms in total. The lowest BCUT2D eigenvalue weighted by atomic mass is 10.2. The Morgan fingerprint density at radius 1 is 1.35 bits per heavy atom. The van der Waals surface area contributed by atoms with E-state index in [1.54, 1.807) is 0 Å². The first-order chi connectivity index (χ1) is 8.08. The molecule has 0 aliphatic carbocycles. The van der Waals surface area contributed by atoms with E-state index in [0.29, 0.717) is 12.5 Å². The van der Waals surface area contributed by atoms with Crippen molar-refractivity contribution in [1.29, 1.82) is 0 Å². The van der Waals surface area contributed by atoms with Crippen LogP contribution in [0.15, 0.2) is 0 Å². The summed E-state index contributed by atoms with van der Waals surface area (Å²) in [6.07, 6.45) is 0. The minimum atomic E-state index is 0.371. The van der Waals surface area contributed by atoms with E-state index in [4.69, 9.17) is 0 Å². The third-order valence-electron chi connectivity index (χ3n) is 2.72. The third-order valence-corrected chi connectivity index (χ3v) is 3.41. The van der Waals surface area contributed by atoms with Crippen LogP contribution in [0, 0.1) is 13.8 Å². The molecule has 92 valence electrons. The maximum Gasteiger partial charge on any atom is 0.202 e. The first-order valence-corrected chi connectivity index (χ1v) is 6.43. The molecule has 0 aliphatic heterocycles. The fourth-order valence-electron chi connectivity index (χ4n) is 1.41. The molecule has 0 atom stereocenters. The van der Waals surface area contributed by atoms with Gasteiger partial charge in [0.15, 0.2) is 0 Å². The van der Waals surface area contributed by atoms with Crippen LogP contribution in [-0.2, 0) is 6.54 Å². The van der Waals surface area contributed by atoms with Crippen molar-refractivity contribution in [2.75, 3.05) is 5.32 Å². The molecule has 0 radical (unpaired) electrons. The van der Waals surface area contributed by atoms with Crippen molar-refractivity contribution in [3.8, 4) is 0 Å². The van der Waals surface area contributed by atoms with Gasteiger partial charge >= 0.3 is 0 Å². The molecule has 2 aromatic heterocycles. The van der Waals surface area contributed by atoms with Gasteiger partial charge in [0.1, 0.15) is 5.82 Å². The normalized spacial score (nSPS) is 11.1. The maximum absolute atomic E-state index is 4.42. The summed E-state index contributed by atoms with van der Waals surface area (Å²) in [5, 5.41) is 11.3. The summed E-state index contributed by atoms with van der Waals surface area (Å²) in [5.41, 5.74) is 3.34. The summed E-state index contributed by atoms with van der Waals surface area (Å²) in [6.45, 7) is 8.95. The van der Waals surface area contributed by atoms with Crippen LogP contribution in [-0.4, -0.2) is 19.6 Å². The molecule has 0 unspecified atom stereocenters. The van der Waals surface area contributed by atoms with Gasteiger partial charge in [-0.2, -0.15) is 9.47 Å². The number of nitrogens with zero attached hydrogens (tertiary/aromatic N) is 3. The van der Waals surface area contributed by atoms with Crippen molar-refractivity contribution in [2.24, 2.45) is 0 Å². The van der Waals surface area contributed by atoms with Crippen LogP contribution in [0.5, 0.6) is 0 Å². The van der Waals surface area contributed by atoms with E-state index in [9.17, 15) is 0 Å². The van der Waals surface area contributed by atoms with Crippen LogP contribution in [0.4, 0.5) is 5.13 Å². The molecular formula is C11H17N5S. The maximum atomic E-state index is 4.42. The topological polar surface area (TPSA) is 66.5 Å². The molecule has 0 saturated carbocycles. The van der Waals surface area contributed by atoms with E-state index in [0.717, 1.165) is 22.3 Å². The van der Waals surface area contributed by atoms with E-state index in [-0.39, 0.29) is 0 Å². The second kappa shape index (κ2) is 4.83. The molecule has 2 N–H and O–H groups in total. The monoisotopic (exact) mass is 251 g/mol. The molecular weight excluding hydrogens is 234 g/mol. The van der Waals surface area contributed by atoms with Gasteiger partial charge in [-0.05, 0) is 19.4 Å². The number of hydrogen-bond donors (Lipinski definition) is 2. The van der Waals surface area contributed by atoms with Crippen LogP contribution in [0.1, 0.15) is 42.5 Å². The summed E-state index contributed by atoms with van der Waals surface area (Å²) in [6, 6.07) is 0. The largest absolute Gasteiger partial charge is 0.355 e. The zero-order chi connectivity index (χ0) is 12.4. The quantitative estimate of drug-likeness (QED) is 0.876. The molecule has 0 aliphatic rings. The molecule has 17 heavy (non-hydrogen) atoms. The van der Waals surface area contributed by atoms with Crippen LogP contribution in [0.2, 0.25) is 0 Å². The lowest BCUT2D eigenvalue weighted by Crippen LogP contribution is -2.01. The minimum absolute atomic E-state index is 0.371. The fourth-order valence-corrected chi connectivity index (χ4v) is 2.11. The number of hydrogen-bond acceptors (Lipinski definition) is 5. The van der Waals surface area contributed by atoms with Gasteiger partial charge in [-0.3, -0.25) is 5.10 Å². The average molecular weight is 251 g/mol. The number of rotatable bonds is 4. The SMILES string of the molecule is Cc1[nH]nc(CNc2nc(C(C)C)ns2)c1C. The number of H-pyrrole nitrogens is 1. The first kappa shape index (κ1) is 12.0. The molecule has 0 aromatic carbocycles. The van der Waals surface area contributed by atoms with Gasteiger partial charge in [0.05, 0.1) is 12.2 Å². The van der Waals surface area contributed by atoms with Gasteiger partial charge in [0.25, 0.3) is 0 Å². The predicted molar refractivity (Wildman–Crippen MR) is 69.4 cm³/mol. The van der Waals surface area contributed by atoms with Gasteiger partial charge in [-0.1, -0.05) is 13.8 Å². The highest BCUT2D eigenvalue weighted by Crippen LogP contribution is 2.18. The Morgan fingerprint density at radius 2 is 2.12 bits per heavy atom. The number of nitrogens with one attached hydrogen (secondary N) is 2. The molecule has 2 heterocycles. The van der Waals surface area contributed by atoms with Crippen molar-refractivity contribution in [1.82, 2.24) is 19.6 Å². The summed E-state index contributed by atoms with van der Waals surface area (Å²) >= 11 is 1.40. The molecule has 0 amide bonds. The Kier molecular flexibility index (Phi) is 3.42. The van der Waals surface area contributed by atoms with Crippen LogP contribution in [0.3, 0.4) is 0 Å². The zero-order valence-electron chi connectivity index (χ0n) is 10.5. The van der Waals surface area contributed by atoms with Crippen LogP contribution >= 0.6 is 11.5 Å². The van der Waals surface area contributed by atoms with E-state index in [1.807, 2.05) is 6.92 Å². The molecule has 2 rings (SSSR count). The van der Waals surface area contributed by atoms with Crippen LogP contribution < -0.4 is 5.32 Å². The molecule has 0 bridgehead atoms. The second-order valence-corrected chi connectivity index (χ2v) is 5.14. The van der Waals surface area contributed by atoms with Crippen molar-refractivity contribution >= 4 is 16.7 Å². The molecule has 0 saturated heterocycles. The Morgan fingerprint density at radius 3 is 2.65 bits per heavy atom. The summed E-state index contributed by atoms with van der Waals surface area (Å²) < 4.78 is 4.30. The van der Waals surface area contributed by atoms with Crippen LogP contribution in [0.25, 0.3) is 0 Å². The number of aromatic nitrogens is 4. The van der Waals surface area contributed by atoms with E-state index in [2.05, 4.69) is 45.6 Å². The van der Waals surface area contributed by atoms with Gasteiger partial charge in [0.2, 0.25) is 5.13 Å². The standard InChI is InChI=1S/C11H17N5S/c1-6(2)10-13-11(17-16-10)12-5-9-7(3)8(4)14-15-9/h6H,5H2,1-4H3,(H,14,15)(H,12,13,16). The smallest absolute Gasteiger partial charge is 0.202 e. The average Bonchev–Trinajstić information content (AvgIpc) is 2.86. The Hall–Kier alpha value is -1.43. The molecule has 2 aromatic rings. The predicted octanol–water partition coefficient (Wildman–Crippen LogP) is 2.61. The van der Waals surface area contributed by atoms with Crippen molar-refractivity contribution < 1.29 is 0 Å². The van der Waals surface area contributed by atoms with Gasteiger partial charge in [0, 0.05) is 23.1 Å². The van der Waals surface area contributed by atoms with Crippen molar-refractivity contribution in [3.05, 3.63) is 22.8 Å². The highest BCUT2D eigenvalue weighted by Gasteiger charge is 2.09. The van der Waals surface area contributed by atoms with Crippen molar-refractivity contribution in [3.63, 3.8) is 0 Å². The highest BCUT2D eigenvalue weighted by molar-refractivity contribution is 7.09. The Balaban J connectivity index is 2.00. The second-order valence-electron chi connectivity index (χ2n) is 4.39. The minimum Gasteiger partial charge on any atom is -0.355 e. The van der Waals surface area contributed by atoms with E-state index >= 15 is 0 Å². The van der Waals surface area contributed by atoms with Crippen molar-refractivity contribution in [2.45, 2.75) is 40.2 Å². The van der Waals surface area contributed by atoms with Gasteiger partial charge in [-0.25, -0.2) is 4.98 Å². The lowest BCUT2D eigenvalue weighted by molar-refractivity contribution is 0.799. The van der Waals surface area contributed by atoms with Gasteiger partial charge < -0.3 is 5.32 Å². The zero-order valence-corrected chi connectivity index (χ0v) is 11.4. The first-order valence-electron chi connectivity index (χ1n) is 5.66. The Labute approximate surface area is 105 Å².